The first-order chi connectivity index (χ1) is 12.8. The first-order valence-corrected chi connectivity index (χ1v) is 11.8. The van der Waals surface area contributed by atoms with Gasteiger partial charge in [-0.1, -0.05) is 53.2 Å². The van der Waals surface area contributed by atoms with Crippen molar-refractivity contribution in [3.63, 3.8) is 0 Å². The van der Waals surface area contributed by atoms with Gasteiger partial charge in [0.15, 0.2) is 15.0 Å². The number of hydrogen-bond acceptors (Lipinski definition) is 5. The SMILES string of the molecule is O=S1(=O)C[C@@H]2N=C(SCc3ccc(Cl)c(Cl)c3)N(c3ccccc3F)[C@@H]2C1. The van der Waals surface area contributed by atoms with Gasteiger partial charge in [0.2, 0.25) is 0 Å². The molecule has 0 radical (unpaired) electrons. The Labute approximate surface area is 171 Å². The first-order valence-electron chi connectivity index (χ1n) is 8.23. The van der Waals surface area contributed by atoms with E-state index in [2.05, 4.69) is 4.99 Å². The minimum absolute atomic E-state index is 0.000543. The second-order valence-electron chi connectivity index (χ2n) is 6.48. The van der Waals surface area contributed by atoms with Gasteiger partial charge in [0, 0.05) is 5.75 Å². The summed E-state index contributed by atoms with van der Waals surface area (Å²) >= 11 is 13.4. The van der Waals surface area contributed by atoms with Gasteiger partial charge in [-0.25, -0.2) is 12.8 Å². The second-order valence-corrected chi connectivity index (χ2v) is 10.4. The van der Waals surface area contributed by atoms with Gasteiger partial charge in [0.05, 0.1) is 39.3 Å². The molecule has 2 heterocycles. The molecule has 0 bridgehead atoms. The number of aliphatic imine (C=N–C) groups is 1. The largest absolute Gasteiger partial charge is 0.312 e. The first kappa shape index (κ1) is 19.1. The molecule has 0 aliphatic carbocycles. The van der Waals surface area contributed by atoms with Crippen LogP contribution in [0.1, 0.15) is 5.56 Å². The van der Waals surface area contributed by atoms with Crippen LogP contribution in [0.25, 0.3) is 0 Å². The molecule has 0 N–H and O–H groups in total. The number of fused-ring (bicyclic) bond motifs is 1. The van der Waals surface area contributed by atoms with E-state index >= 15 is 0 Å². The Morgan fingerprint density at radius 3 is 2.67 bits per heavy atom. The Hall–Kier alpha value is -1.28. The van der Waals surface area contributed by atoms with E-state index in [-0.39, 0.29) is 23.6 Å². The fourth-order valence-corrected chi connectivity index (χ4v) is 6.56. The van der Waals surface area contributed by atoms with Crippen LogP contribution in [0.3, 0.4) is 0 Å². The predicted octanol–water partition coefficient (Wildman–Crippen LogP) is 4.41. The van der Waals surface area contributed by atoms with Crippen LogP contribution in [-0.4, -0.2) is 37.2 Å². The molecule has 0 spiro atoms. The molecule has 27 heavy (non-hydrogen) atoms. The average molecular weight is 445 g/mol. The van der Waals surface area contributed by atoms with Gasteiger partial charge in [-0.15, -0.1) is 0 Å². The van der Waals surface area contributed by atoms with Gasteiger partial charge in [-0.2, -0.15) is 0 Å². The topological polar surface area (TPSA) is 49.7 Å². The Kier molecular flexibility index (Phi) is 5.14. The van der Waals surface area contributed by atoms with Crippen LogP contribution in [-0.2, 0) is 15.6 Å². The van der Waals surface area contributed by atoms with E-state index in [0.717, 1.165) is 5.56 Å². The summed E-state index contributed by atoms with van der Waals surface area (Å²) in [6.07, 6.45) is 0. The molecular weight excluding hydrogens is 430 g/mol. The number of thioether (sulfide) groups is 1. The fourth-order valence-electron chi connectivity index (χ4n) is 3.34. The molecule has 2 atom stereocenters. The van der Waals surface area contributed by atoms with E-state index in [9.17, 15) is 12.8 Å². The molecule has 0 amide bonds. The van der Waals surface area contributed by atoms with Crippen molar-refractivity contribution < 1.29 is 12.8 Å². The highest BCUT2D eigenvalue weighted by atomic mass is 35.5. The average Bonchev–Trinajstić information content (AvgIpc) is 3.08. The van der Waals surface area contributed by atoms with Gasteiger partial charge in [0.1, 0.15) is 5.82 Å². The van der Waals surface area contributed by atoms with Crippen molar-refractivity contribution in [2.45, 2.75) is 17.8 Å². The zero-order valence-corrected chi connectivity index (χ0v) is 17.1. The van der Waals surface area contributed by atoms with Crippen molar-refractivity contribution in [3.05, 3.63) is 63.9 Å². The highest BCUT2D eigenvalue weighted by Crippen LogP contribution is 2.37. The van der Waals surface area contributed by atoms with E-state index < -0.39 is 15.7 Å². The standard InChI is InChI=1S/C18H15Cl2FN2O2S2/c19-12-6-5-11(7-13(12)20)8-26-18-22-15-9-27(24,25)10-17(15)23(18)16-4-2-1-3-14(16)21/h1-7,15,17H,8-10H2/t15-,17+/m0/s1. The number of nitrogens with zero attached hydrogens (tertiary/aromatic N) is 2. The lowest BCUT2D eigenvalue weighted by Crippen LogP contribution is -2.39. The molecule has 0 unspecified atom stereocenters. The molecule has 0 saturated carbocycles. The van der Waals surface area contributed by atoms with E-state index in [1.807, 2.05) is 6.07 Å². The summed E-state index contributed by atoms with van der Waals surface area (Å²) in [5, 5.41) is 1.57. The maximum Gasteiger partial charge on any atom is 0.164 e. The molecule has 2 aromatic carbocycles. The van der Waals surface area contributed by atoms with Crippen molar-refractivity contribution >= 4 is 55.7 Å². The molecule has 0 aromatic heterocycles. The molecule has 9 heteroatoms. The van der Waals surface area contributed by atoms with Gasteiger partial charge >= 0.3 is 0 Å². The fraction of sp³-hybridized carbons (Fsp3) is 0.278. The molecule has 2 aliphatic heterocycles. The lowest BCUT2D eigenvalue weighted by Gasteiger charge is -2.26. The number of hydrogen-bond donors (Lipinski definition) is 0. The Balaban J connectivity index is 1.63. The number of rotatable bonds is 3. The Morgan fingerprint density at radius 1 is 1.15 bits per heavy atom. The number of benzene rings is 2. The van der Waals surface area contributed by atoms with Crippen molar-refractivity contribution in [1.82, 2.24) is 0 Å². The quantitative estimate of drug-likeness (QED) is 0.703. The lowest BCUT2D eigenvalue weighted by molar-refractivity contribution is 0.600. The minimum atomic E-state index is -3.17. The molecule has 4 rings (SSSR count). The minimum Gasteiger partial charge on any atom is -0.312 e. The van der Waals surface area contributed by atoms with Gasteiger partial charge in [-0.3, -0.25) is 4.99 Å². The van der Waals surface area contributed by atoms with Crippen LogP contribution >= 0.6 is 35.0 Å². The molecule has 1 fully saturated rings. The summed E-state index contributed by atoms with van der Waals surface area (Å²) in [6.45, 7) is 0. The molecule has 2 aromatic rings. The molecule has 142 valence electrons. The van der Waals surface area contributed by atoms with Crippen LogP contribution in [0.5, 0.6) is 0 Å². The summed E-state index contributed by atoms with van der Waals surface area (Å²) < 4.78 is 38.5. The highest BCUT2D eigenvalue weighted by Gasteiger charge is 2.47. The number of anilines is 1. The van der Waals surface area contributed by atoms with E-state index in [1.54, 1.807) is 35.2 Å². The van der Waals surface area contributed by atoms with Gasteiger partial charge < -0.3 is 4.90 Å². The maximum atomic E-state index is 14.4. The molecule has 4 nitrogen and oxygen atoms in total. The van der Waals surface area contributed by atoms with Crippen molar-refractivity contribution in [3.8, 4) is 0 Å². The molecular formula is C18H15Cl2FN2O2S2. The summed E-state index contributed by atoms with van der Waals surface area (Å²) in [7, 11) is -3.17. The highest BCUT2D eigenvalue weighted by molar-refractivity contribution is 8.13. The van der Waals surface area contributed by atoms with E-state index in [1.165, 1.54) is 17.8 Å². The normalized spacial score (nSPS) is 23.4. The number of para-hydroxylation sites is 1. The smallest absolute Gasteiger partial charge is 0.164 e. The van der Waals surface area contributed by atoms with Crippen molar-refractivity contribution in [1.29, 1.82) is 0 Å². The monoisotopic (exact) mass is 444 g/mol. The van der Waals surface area contributed by atoms with Crippen LogP contribution < -0.4 is 4.90 Å². The number of amidine groups is 1. The zero-order valence-electron chi connectivity index (χ0n) is 14.0. The lowest BCUT2D eigenvalue weighted by atomic mass is 10.1. The van der Waals surface area contributed by atoms with Gasteiger partial charge in [0.25, 0.3) is 0 Å². The summed E-state index contributed by atoms with van der Waals surface area (Å²) in [4.78, 5) is 6.33. The maximum absolute atomic E-state index is 14.4. The third kappa shape index (κ3) is 3.83. The predicted molar refractivity (Wildman–Crippen MR) is 110 cm³/mol. The molecule has 2 aliphatic rings. The Morgan fingerprint density at radius 2 is 1.93 bits per heavy atom. The third-order valence-electron chi connectivity index (χ3n) is 4.57. The van der Waals surface area contributed by atoms with Crippen LogP contribution in [0.15, 0.2) is 47.5 Å². The van der Waals surface area contributed by atoms with Crippen molar-refractivity contribution in [2.75, 3.05) is 16.4 Å². The van der Waals surface area contributed by atoms with Crippen LogP contribution in [0.4, 0.5) is 10.1 Å². The van der Waals surface area contributed by atoms with Crippen LogP contribution in [0, 0.1) is 5.82 Å². The Bertz CT molecular complexity index is 1030. The second kappa shape index (κ2) is 7.28. The zero-order chi connectivity index (χ0) is 19.2. The van der Waals surface area contributed by atoms with Crippen LogP contribution in [0.2, 0.25) is 10.0 Å². The third-order valence-corrected chi connectivity index (χ3v) is 8.05. The summed E-state index contributed by atoms with van der Waals surface area (Å²) in [5.74, 6) is 0.142. The van der Waals surface area contributed by atoms with Crippen molar-refractivity contribution in [2.24, 2.45) is 4.99 Å². The van der Waals surface area contributed by atoms with E-state index in [4.69, 9.17) is 23.2 Å². The summed E-state index contributed by atoms with van der Waals surface area (Å²) in [5.41, 5.74) is 1.30. The van der Waals surface area contributed by atoms with E-state index in [0.29, 0.717) is 26.7 Å². The van der Waals surface area contributed by atoms with Gasteiger partial charge in [-0.05, 0) is 29.8 Å². The number of sulfone groups is 1. The molecule has 1 saturated heterocycles. The number of halogens is 3. The summed E-state index contributed by atoms with van der Waals surface area (Å²) in [6, 6.07) is 11.0.